The Bertz CT molecular complexity index is 660. The summed E-state index contributed by atoms with van der Waals surface area (Å²) >= 11 is 0. The fourth-order valence-corrected chi connectivity index (χ4v) is 2.08. The van der Waals surface area contributed by atoms with Crippen molar-refractivity contribution >= 4 is 11.0 Å². The first-order chi connectivity index (χ1) is 8.84. The van der Waals surface area contributed by atoms with Gasteiger partial charge in [0.2, 0.25) is 0 Å². The predicted molar refractivity (Wildman–Crippen MR) is 68.6 cm³/mol. The molecule has 0 N–H and O–H groups in total. The van der Waals surface area contributed by atoms with Crippen LogP contribution in [0.2, 0.25) is 0 Å². The van der Waals surface area contributed by atoms with Gasteiger partial charge in [-0.3, -0.25) is 0 Å². The molecule has 0 saturated carbocycles. The monoisotopic (exact) mass is 263 g/mol. The van der Waals surface area contributed by atoms with E-state index < -0.39 is 11.6 Å². The zero-order valence-electron chi connectivity index (χ0n) is 11.2. The first-order valence-electron chi connectivity index (χ1n) is 6.07. The molecule has 2 aromatic rings. The van der Waals surface area contributed by atoms with E-state index >= 15 is 0 Å². The quantitative estimate of drug-likeness (QED) is 0.831. The number of hydrogen-bond acceptors (Lipinski definition) is 2. The summed E-state index contributed by atoms with van der Waals surface area (Å²) in [6.07, 6.45) is 0.299. The van der Waals surface area contributed by atoms with Gasteiger partial charge < -0.3 is 4.57 Å². The maximum atomic E-state index is 13.4. The molecule has 2 rings (SSSR count). The van der Waals surface area contributed by atoms with Crippen LogP contribution in [0.1, 0.15) is 33.0 Å². The van der Waals surface area contributed by atoms with E-state index in [9.17, 15) is 8.78 Å². The lowest BCUT2D eigenvalue weighted by Gasteiger charge is -2.19. The maximum absolute atomic E-state index is 13.4. The van der Waals surface area contributed by atoms with Crippen molar-refractivity contribution in [2.24, 2.45) is 0 Å². The largest absolute Gasteiger partial charge is 0.326 e. The minimum absolute atomic E-state index is 0.262. The molecule has 0 amide bonds. The number of benzene rings is 1. The van der Waals surface area contributed by atoms with Crippen molar-refractivity contribution < 1.29 is 8.78 Å². The van der Waals surface area contributed by atoms with Gasteiger partial charge in [-0.05, 0) is 0 Å². The third kappa shape index (κ3) is 2.43. The molecule has 0 spiro atoms. The van der Waals surface area contributed by atoms with Crippen LogP contribution in [0, 0.1) is 23.0 Å². The van der Waals surface area contributed by atoms with E-state index in [0.29, 0.717) is 24.0 Å². The molecule has 100 valence electrons. The zero-order valence-corrected chi connectivity index (χ0v) is 11.2. The van der Waals surface area contributed by atoms with Gasteiger partial charge in [0, 0.05) is 24.1 Å². The van der Waals surface area contributed by atoms with Gasteiger partial charge >= 0.3 is 0 Å². The van der Waals surface area contributed by atoms with Crippen LogP contribution in [0.4, 0.5) is 8.78 Å². The molecule has 0 bridgehead atoms. The molecule has 1 aromatic carbocycles. The Morgan fingerprint density at radius 3 is 2.47 bits per heavy atom. The van der Waals surface area contributed by atoms with E-state index in [1.165, 1.54) is 0 Å². The fraction of sp³-hybridized carbons (Fsp3) is 0.429. The molecule has 5 heteroatoms. The van der Waals surface area contributed by atoms with Crippen LogP contribution in [-0.4, -0.2) is 9.55 Å². The summed E-state index contributed by atoms with van der Waals surface area (Å²) < 4.78 is 28.4. The summed E-state index contributed by atoms with van der Waals surface area (Å²) in [6, 6.07) is 4.30. The molecular formula is C14H15F2N3. The fourth-order valence-electron chi connectivity index (χ4n) is 2.08. The van der Waals surface area contributed by atoms with Crippen LogP contribution in [-0.2, 0) is 12.0 Å². The van der Waals surface area contributed by atoms with Crippen LogP contribution in [0.5, 0.6) is 0 Å². The number of imidazole rings is 1. The number of hydrogen-bond donors (Lipinski definition) is 0. The topological polar surface area (TPSA) is 41.6 Å². The number of aromatic nitrogens is 2. The number of aryl methyl sites for hydroxylation is 1. The van der Waals surface area contributed by atoms with E-state index in [4.69, 9.17) is 5.26 Å². The lowest BCUT2D eigenvalue weighted by Crippen LogP contribution is -2.19. The Labute approximate surface area is 110 Å². The van der Waals surface area contributed by atoms with Crippen LogP contribution in [0.15, 0.2) is 12.1 Å². The molecule has 0 aliphatic heterocycles. The van der Waals surface area contributed by atoms with Crippen molar-refractivity contribution in [1.29, 1.82) is 5.26 Å². The van der Waals surface area contributed by atoms with E-state index in [-0.39, 0.29) is 5.41 Å². The normalized spacial score (nSPS) is 11.8. The van der Waals surface area contributed by atoms with Gasteiger partial charge in [0.05, 0.1) is 23.5 Å². The first kappa shape index (κ1) is 13.5. The van der Waals surface area contributed by atoms with Crippen molar-refractivity contribution in [3.8, 4) is 6.07 Å². The second-order valence-corrected chi connectivity index (χ2v) is 5.50. The van der Waals surface area contributed by atoms with Crippen molar-refractivity contribution in [3.63, 3.8) is 0 Å². The van der Waals surface area contributed by atoms with E-state index in [1.807, 2.05) is 20.8 Å². The van der Waals surface area contributed by atoms with Crippen molar-refractivity contribution in [3.05, 3.63) is 29.6 Å². The highest BCUT2D eigenvalue weighted by atomic mass is 19.2. The second-order valence-electron chi connectivity index (χ2n) is 5.50. The summed E-state index contributed by atoms with van der Waals surface area (Å²) in [5.74, 6) is -1.08. The molecule has 3 nitrogen and oxygen atoms in total. The Morgan fingerprint density at radius 2 is 1.89 bits per heavy atom. The summed E-state index contributed by atoms with van der Waals surface area (Å²) in [6.45, 7) is 6.35. The van der Waals surface area contributed by atoms with Crippen molar-refractivity contribution in [2.45, 2.75) is 39.2 Å². The van der Waals surface area contributed by atoms with E-state index in [2.05, 4.69) is 11.1 Å². The molecule has 0 aliphatic rings. The summed E-state index contributed by atoms with van der Waals surface area (Å²) in [7, 11) is 0. The van der Waals surface area contributed by atoms with Gasteiger partial charge in [-0.2, -0.15) is 5.26 Å². The SMILES string of the molecule is CC(C)(C)c1nc2cc(F)c(F)cc2n1CCC#N. The number of nitriles is 1. The lowest BCUT2D eigenvalue weighted by atomic mass is 9.95. The molecule has 19 heavy (non-hydrogen) atoms. The first-order valence-corrected chi connectivity index (χ1v) is 6.07. The highest BCUT2D eigenvalue weighted by molar-refractivity contribution is 5.76. The predicted octanol–water partition coefficient (Wildman–Crippen LogP) is 3.53. The highest BCUT2D eigenvalue weighted by Crippen LogP contribution is 2.27. The molecule has 0 unspecified atom stereocenters. The summed E-state index contributed by atoms with van der Waals surface area (Å²) in [5.41, 5.74) is 0.683. The smallest absolute Gasteiger partial charge is 0.161 e. The van der Waals surface area contributed by atoms with Gasteiger partial charge in [0.25, 0.3) is 0 Å². The third-order valence-electron chi connectivity index (χ3n) is 2.91. The minimum atomic E-state index is -0.905. The van der Waals surface area contributed by atoms with Gasteiger partial charge in [-0.15, -0.1) is 0 Å². The number of nitrogens with zero attached hydrogens (tertiary/aromatic N) is 3. The van der Waals surface area contributed by atoms with Crippen molar-refractivity contribution in [2.75, 3.05) is 0 Å². The Hall–Kier alpha value is -1.96. The maximum Gasteiger partial charge on any atom is 0.161 e. The number of halogens is 2. The minimum Gasteiger partial charge on any atom is -0.326 e. The average molecular weight is 263 g/mol. The van der Waals surface area contributed by atoms with Crippen LogP contribution < -0.4 is 0 Å². The molecular weight excluding hydrogens is 248 g/mol. The van der Waals surface area contributed by atoms with Crippen LogP contribution in [0.25, 0.3) is 11.0 Å². The van der Waals surface area contributed by atoms with Crippen LogP contribution in [0.3, 0.4) is 0 Å². The molecule has 1 aromatic heterocycles. The Balaban J connectivity index is 2.71. The summed E-state index contributed by atoms with van der Waals surface area (Å²) in [4.78, 5) is 4.39. The number of fused-ring (bicyclic) bond motifs is 1. The molecule has 0 aliphatic carbocycles. The number of rotatable bonds is 2. The molecule has 0 fully saturated rings. The summed E-state index contributed by atoms with van der Waals surface area (Å²) in [5, 5.41) is 8.71. The standard InChI is InChI=1S/C14H15F2N3/c1-14(2,3)13-18-11-7-9(15)10(16)8-12(11)19(13)6-4-5-17/h7-8H,4,6H2,1-3H3. The molecule has 1 heterocycles. The van der Waals surface area contributed by atoms with Gasteiger partial charge in [0.1, 0.15) is 5.82 Å². The highest BCUT2D eigenvalue weighted by Gasteiger charge is 2.23. The van der Waals surface area contributed by atoms with Gasteiger partial charge in [0.15, 0.2) is 11.6 Å². The Morgan fingerprint density at radius 1 is 1.26 bits per heavy atom. The van der Waals surface area contributed by atoms with Crippen LogP contribution >= 0.6 is 0 Å². The van der Waals surface area contributed by atoms with E-state index in [0.717, 1.165) is 18.0 Å². The second kappa shape index (κ2) is 4.61. The average Bonchev–Trinajstić information content (AvgIpc) is 2.65. The lowest BCUT2D eigenvalue weighted by molar-refractivity contribution is 0.503. The zero-order chi connectivity index (χ0) is 14.2. The van der Waals surface area contributed by atoms with E-state index in [1.54, 1.807) is 4.57 Å². The van der Waals surface area contributed by atoms with Crippen molar-refractivity contribution in [1.82, 2.24) is 9.55 Å². The molecule has 0 saturated heterocycles. The Kier molecular flexibility index (Phi) is 3.27. The molecule has 0 radical (unpaired) electrons. The van der Waals surface area contributed by atoms with Gasteiger partial charge in [-0.25, -0.2) is 13.8 Å². The molecule has 0 atom stereocenters. The van der Waals surface area contributed by atoms with Gasteiger partial charge in [-0.1, -0.05) is 20.8 Å². The third-order valence-corrected chi connectivity index (χ3v) is 2.91.